The summed E-state index contributed by atoms with van der Waals surface area (Å²) < 4.78 is 0. The summed E-state index contributed by atoms with van der Waals surface area (Å²) in [4.78, 5) is 19.0. The number of nitrogens with one attached hydrogen (secondary N) is 2. The molecular formula is C18H23ClN3OS+. The van der Waals surface area contributed by atoms with Crippen LogP contribution < -0.4 is 10.2 Å². The molecule has 1 aliphatic heterocycles. The van der Waals surface area contributed by atoms with E-state index >= 15 is 0 Å². The van der Waals surface area contributed by atoms with Gasteiger partial charge in [0.25, 0.3) is 5.91 Å². The molecule has 1 aromatic carbocycles. The zero-order valence-electron chi connectivity index (χ0n) is 13.8. The Kier molecular flexibility index (Phi) is 5.87. The van der Waals surface area contributed by atoms with Gasteiger partial charge in [0.15, 0.2) is 11.7 Å². The van der Waals surface area contributed by atoms with Crippen molar-refractivity contribution in [2.45, 2.75) is 26.2 Å². The van der Waals surface area contributed by atoms with Crippen molar-refractivity contribution in [1.29, 1.82) is 0 Å². The van der Waals surface area contributed by atoms with Crippen LogP contribution in [0.25, 0.3) is 0 Å². The van der Waals surface area contributed by atoms with Crippen LogP contribution in [0.1, 0.15) is 30.2 Å². The number of thiazole rings is 1. The van der Waals surface area contributed by atoms with E-state index in [0.29, 0.717) is 11.7 Å². The summed E-state index contributed by atoms with van der Waals surface area (Å²) in [7, 11) is 0. The third-order valence-corrected chi connectivity index (χ3v) is 5.80. The number of carbonyl (C=O) groups excluding carboxylic acids is 1. The molecule has 2 heterocycles. The van der Waals surface area contributed by atoms with Gasteiger partial charge in [0, 0.05) is 22.5 Å². The van der Waals surface area contributed by atoms with Crippen LogP contribution in [0.2, 0.25) is 5.02 Å². The molecule has 0 bridgehead atoms. The number of hydrogen-bond donors (Lipinski definition) is 2. The van der Waals surface area contributed by atoms with Crippen LogP contribution in [0.3, 0.4) is 0 Å². The Balaban J connectivity index is 1.52. The minimum Gasteiger partial charge on any atom is -0.327 e. The van der Waals surface area contributed by atoms with Crippen molar-refractivity contribution in [1.82, 2.24) is 4.98 Å². The normalized spacial score (nSPS) is 20.8. The molecular weight excluding hydrogens is 342 g/mol. The number of carbonyl (C=O) groups is 1. The number of quaternary nitrogens is 1. The molecule has 24 heavy (non-hydrogen) atoms. The molecule has 1 saturated heterocycles. The van der Waals surface area contributed by atoms with Crippen molar-refractivity contribution in [3.63, 3.8) is 0 Å². The van der Waals surface area contributed by atoms with E-state index < -0.39 is 0 Å². The zero-order chi connectivity index (χ0) is 16.9. The Morgan fingerprint density at radius 3 is 2.88 bits per heavy atom. The first kappa shape index (κ1) is 17.4. The quantitative estimate of drug-likeness (QED) is 0.856. The Labute approximate surface area is 151 Å². The molecule has 0 radical (unpaired) electrons. The van der Waals surface area contributed by atoms with Crippen molar-refractivity contribution in [3.8, 4) is 0 Å². The molecule has 1 fully saturated rings. The summed E-state index contributed by atoms with van der Waals surface area (Å²) in [5.41, 5.74) is 1.08. The van der Waals surface area contributed by atoms with Gasteiger partial charge >= 0.3 is 0 Å². The lowest BCUT2D eigenvalue weighted by atomic mass is 9.99. The fourth-order valence-corrected chi connectivity index (χ4v) is 4.07. The van der Waals surface area contributed by atoms with E-state index in [2.05, 4.69) is 17.2 Å². The highest BCUT2D eigenvalue weighted by Gasteiger charge is 2.21. The first-order valence-electron chi connectivity index (χ1n) is 8.41. The maximum atomic E-state index is 12.2. The Bertz CT molecular complexity index is 695. The van der Waals surface area contributed by atoms with Gasteiger partial charge in [0.2, 0.25) is 0 Å². The lowest BCUT2D eigenvalue weighted by Gasteiger charge is -2.26. The average Bonchev–Trinajstić information content (AvgIpc) is 2.99. The van der Waals surface area contributed by atoms with Crippen molar-refractivity contribution in [3.05, 3.63) is 45.9 Å². The van der Waals surface area contributed by atoms with Crippen LogP contribution in [-0.2, 0) is 11.2 Å². The molecule has 128 valence electrons. The lowest BCUT2D eigenvalue weighted by Crippen LogP contribution is -3.14. The topological polar surface area (TPSA) is 46.4 Å². The predicted molar refractivity (Wildman–Crippen MR) is 99.0 cm³/mol. The number of piperidine rings is 1. The molecule has 0 spiro atoms. The molecule has 2 N–H and O–H groups in total. The summed E-state index contributed by atoms with van der Waals surface area (Å²) in [5.74, 6) is 0.848. The summed E-state index contributed by atoms with van der Waals surface area (Å²) >= 11 is 7.71. The summed E-state index contributed by atoms with van der Waals surface area (Å²) in [6, 6.07) is 7.81. The monoisotopic (exact) mass is 364 g/mol. The molecule has 4 nitrogen and oxygen atoms in total. The van der Waals surface area contributed by atoms with E-state index in [1.165, 1.54) is 29.1 Å². The highest BCUT2D eigenvalue weighted by Crippen LogP contribution is 2.24. The Morgan fingerprint density at radius 2 is 2.12 bits per heavy atom. The van der Waals surface area contributed by atoms with Gasteiger partial charge in [-0.3, -0.25) is 10.1 Å². The Morgan fingerprint density at radius 1 is 1.38 bits per heavy atom. The van der Waals surface area contributed by atoms with Gasteiger partial charge in [-0.15, -0.1) is 11.3 Å². The highest BCUT2D eigenvalue weighted by molar-refractivity contribution is 7.15. The van der Waals surface area contributed by atoms with Crippen LogP contribution >= 0.6 is 22.9 Å². The number of nitrogens with zero attached hydrogens (tertiary/aromatic N) is 1. The van der Waals surface area contributed by atoms with Gasteiger partial charge in [0.1, 0.15) is 0 Å². The fraction of sp³-hybridized carbons (Fsp3) is 0.444. The maximum Gasteiger partial charge on any atom is 0.281 e. The van der Waals surface area contributed by atoms with Crippen molar-refractivity contribution < 1.29 is 9.69 Å². The van der Waals surface area contributed by atoms with E-state index in [-0.39, 0.29) is 5.91 Å². The van der Waals surface area contributed by atoms with E-state index in [4.69, 9.17) is 11.6 Å². The van der Waals surface area contributed by atoms with E-state index in [1.54, 1.807) is 0 Å². The first-order chi connectivity index (χ1) is 11.6. The van der Waals surface area contributed by atoms with Crippen molar-refractivity contribution >= 4 is 34.0 Å². The van der Waals surface area contributed by atoms with Crippen LogP contribution in [0.5, 0.6) is 0 Å². The SMILES string of the molecule is CC1CC[NH+](CC(=O)Nc2ncc(Cc3ccccc3Cl)s2)CC1. The summed E-state index contributed by atoms with van der Waals surface area (Å²) in [6.07, 6.45) is 4.98. The number of hydrogen-bond acceptors (Lipinski definition) is 3. The third-order valence-electron chi connectivity index (χ3n) is 4.51. The van der Waals surface area contributed by atoms with Gasteiger partial charge in [-0.1, -0.05) is 36.7 Å². The van der Waals surface area contributed by atoms with E-state index in [1.807, 2.05) is 30.5 Å². The zero-order valence-corrected chi connectivity index (χ0v) is 15.4. The third kappa shape index (κ3) is 4.79. The smallest absolute Gasteiger partial charge is 0.281 e. The summed E-state index contributed by atoms with van der Waals surface area (Å²) in [6.45, 7) is 4.99. The number of rotatable bonds is 5. The first-order valence-corrected chi connectivity index (χ1v) is 9.61. The van der Waals surface area contributed by atoms with Gasteiger partial charge in [0.05, 0.1) is 13.1 Å². The van der Waals surface area contributed by atoms with Crippen LogP contribution in [0.15, 0.2) is 30.5 Å². The molecule has 1 aromatic heterocycles. The molecule has 0 atom stereocenters. The molecule has 3 rings (SSSR count). The number of aromatic nitrogens is 1. The average molecular weight is 365 g/mol. The molecule has 1 amide bonds. The molecule has 6 heteroatoms. The predicted octanol–water partition coefficient (Wildman–Crippen LogP) is 2.64. The number of halogens is 1. The largest absolute Gasteiger partial charge is 0.327 e. The number of amides is 1. The second kappa shape index (κ2) is 8.10. The van der Waals surface area contributed by atoms with Gasteiger partial charge in [-0.25, -0.2) is 4.98 Å². The van der Waals surface area contributed by atoms with Crippen LogP contribution in [-0.4, -0.2) is 30.5 Å². The van der Waals surface area contributed by atoms with Gasteiger partial charge < -0.3 is 4.90 Å². The minimum atomic E-state index is 0.0539. The molecule has 0 aliphatic carbocycles. The van der Waals surface area contributed by atoms with Crippen molar-refractivity contribution in [2.24, 2.45) is 5.92 Å². The minimum absolute atomic E-state index is 0.0539. The second-order valence-electron chi connectivity index (χ2n) is 6.56. The van der Waals surface area contributed by atoms with Crippen molar-refractivity contribution in [2.75, 3.05) is 25.0 Å². The number of anilines is 1. The van der Waals surface area contributed by atoms with E-state index in [9.17, 15) is 4.79 Å². The molecule has 0 saturated carbocycles. The van der Waals surface area contributed by atoms with E-state index in [0.717, 1.165) is 40.9 Å². The maximum absolute atomic E-state index is 12.2. The number of benzene rings is 1. The second-order valence-corrected chi connectivity index (χ2v) is 8.08. The standard InChI is InChI=1S/C18H22ClN3OS/c1-13-6-8-22(9-7-13)12-17(23)21-18-20-11-15(24-18)10-14-4-2-3-5-16(14)19/h2-5,11,13H,6-10,12H2,1H3,(H,20,21,23)/p+1. The van der Waals surface area contributed by atoms with Crippen LogP contribution in [0, 0.1) is 5.92 Å². The molecule has 2 aromatic rings. The molecule has 0 unspecified atom stereocenters. The fourth-order valence-electron chi connectivity index (χ4n) is 3.01. The molecule has 1 aliphatic rings. The number of likely N-dealkylation sites (tertiary alicyclic amines) is 1. The van der Waals surface area contributed by atoms with Crippen LogP contribution in [0.4, 0.5) is 5.13 Å². The van der Waals surface area contributed by atoms with Gasteiger partial charge in [-0.2, -0.15) is 0 Å². The highest BCUT2D eigenvalue weighted by atomic mass is 35.5. The Hall–Kier alpha value is -1.43. The lowest BCUT2D eigenvalue weighted by molar-refractivity contribution is -0.897. The van der Waals surface area contributed by atoms with Gasteiger partial charge in [-0.05, 0) is 30.4 Å². The summed E-state index contributed by atoms with van der Waals surface area (Å²) in [5, 5.41) is 4.37.